The van der Waals surface area contributed by atoms with E-state index in [9.17, 15) is 5.11 Å². The van der Waals surface area contributed by atoms with Crippen LogP contribution in [0.1, 0.15) is 6.42 Å². The predicted octanol–water partition coefficient (Wildman–Crippen LogP) is 5.20. The topological polar surface area (TPSA) is 38.7 Å². The van der Waals surface area contributed by atoms with Gasteiger partial charge in [-0.3, -0.25) is 0 Å². The molecule has 3 nitrogen and oxygen atoms in total. The fourth-order valence-corrected chi connectivity index (χ4v) is 2.35. The van der Waals surface area contributed by atoms with Crippen molar-refractivity contribution in [3.05, 3.63) is 51.5 Å². The predicted molar refractivity (Wildman–Crippen MR) is 85.2 cm³/mol. The first kappa shape index (κ1) is 16.1. The molecule has 6 heteroatoms. The van der Waals surface area contributed by atoms with Crippen LogP contribution in [0.25, 0.3) is 0 Å². The molecular formula is C15H13Cl3O3. The first-order valence-electron chi connectivity index (χ1n) is 6.25. The molecule has 0 unspecified atom stereocenters. The number of benzene rings is 2. The number of phenolic OH excluding ortho intramolecular Hbond substituents is 1. The molecule has 0 fully saturated rings. The minimum atomic E-state index is 0.00317. The molecule has 0 saturated heterocycles. The van der Waals surface area contributed by atoms with Crippen molar-refractivity contribution in [1.82, 2.24) is 0 Å². The van der Waals surface area contributed by atoms with Gasteiger partial charge >= 0.3 is 0 Å². The van der Waals surface area contributed by atoms with Gasteiger partial charge in [-0.05, 0) is 24.3 Å². The molecule has 1 N–H and O–H groups in total. The zero-order valence-electron chi connectivity index (χ0n) is 11.0. The van der Waals surface area contributed by atoms with E-state index in [1.54, 1.807) is 24.3 Å². The highest BCUT2D eigenvalue weighted by Crippen LogP contribution is 2.36. The third-order valence-corrected chi connectivity index (χ3v) is 3.41. The lowest BCUT2D eigenvalue weighted by Crippen LogP contribution is -2.05. The Morgan fingerprint density at radius 3 is 2.05 bits per heavy atom. The number of phenols is 1. The van der Waals surface area contributed by atoms with Gasteiger partial charge in [0.25, 0.3) is 0 Å². The first-order valence-corrected chi connectivity index (χ1v) is 7.39. The van der Waals surface area contributed by atoms with Crippen molar-refractivity contribution in [1.29, 1.82) is 0 Å². The summed E-state index contributed by atoms with van der Waals surface area (Å²) < 4.78 is 11.0. The van der Waals surface area contributed by atoms with E-state index >= 15 is 0 Å². The monoisotopic (exact) mass is 346 g/mol. The standard InChI is InChI=1S/C15H13Cl3O3/c16-10-2-4-12(5-3-10)20-6-1-7-21-15-13(17)8-11(19)9-14(15)18/h2-5,8-9,19H,1,6-7H2. The minimum absolute atomic E-state index is 0.00317. The van der Waals surface area contributed by atoms with Crippen LogP contribution in [0, 0.1) is 0 Å². The van der Waals surface area contributed by atoms with E-state index in [1.165, 1.54) is 12.1 Å². The molecule has 21 heavy (non-hydrogen) atoms. The Labute approximate surface area is 138 Å². The SMILES string of the molecule is Oc1cc(Cl)c(OCCCOc2ccc(Cl)cc2)c(Cl)c1. The summed E-state index contributed by atoms with van der Waals surface area (Å²) in [6.07, 6.45) is 0.663. The second kappa shape index (κ2) is 7.64. The van der Waals surface area contributed by atoms with Crippen LogP contribution in [0.5, 0.6) is 17.2 Å². The molecule has 0 radical (unpaired) electrons. The Hall–Kier alpha value is -1.29. The lowest BCUT2D eigenvalue weighted by Gasteiger charge is -2.11. The van der Waals surface area contributed by atoms with Crippen molar-refractivity contribution in [3.8, 4) is 17.2 Å². The zero-order chi connectivity index (χ0) is 15.2. The molecule has 0 bridgehead atoms. The molecule has 2 aromatic rings. The van der Waals surface area contributed by atoms with E-state index in [4.69, 9.17) is 44.3 Å². The van der Waals surface area contributed by atoms with E-state index in [0.29, 0.717) is 30.4 Å². The maximum Gasteiger partial charge on any atom is 0.156 e. The Balaban J connectivity index is 1.76. The van der Waals surface area contributed by atoms with Crippen molar-refractivity contribution in [3.63, 3.8) is 0 Å². The van der Waals surface area contributed by atoms with E-state index in [0.717, 1.165) is 5.75 Å². The molecule has 0 spiro atoms. The summed E-state index contributed by atoms with van der Waals surface area (Å²) in [5.41, 5.74) is 0. The summed E-state index contributed by atoms with van der Waals surface area (Å²) in [7, 11) is 0. The van der Waals surface area contributed by atoms with Gasteiger partial charge in [-0.1, -0.05) is 34.8 Å². The van der Waals surface area contributed by atoms with E-state index < -0.39 is 0 Å². The fourth-order valence-electron chi connectivity index (χ4n) is 1.64. The zero-order valence-corrected chi connectivity index (χ0v) is 13.3. The number of hydrogen-bond donors (Lipinski definition) is 1. The quantitative estimate of drug-likeness (QED) is 0.730. The van der Waals surface area contributed by atoms with Gasteiger partial charge in [-0.2, -0.15) is 0 Å². The molecular weight excluding hydrogens is 335 g/mol. The van der Waals surface area contributed by atoms with Crippen LogP contribution in [0.3, 0.4) is 0 Å². The molecule has 112 valence electrons. The Bertz CT molecular complexity index is 577. The van der Waals surface area contributed by atoms with Crippen LogP contribution in [0.4, 0.5) is 0 Å². The second-order valence-corrected chi connectivity index (χ2v) is 5.49. The van der Waals surface area contributed by atoms with Gasteiger partial charge in [-0.25, -0.2) is 0 Å². The van der Waals surface area contributed by atoms with Gasteiger partial charge in [0.05, 0.1) is 23.3 Å². The molecule has 2 aromatic carbocycles. The molecule has 0 atom stereocenters. The highest BCUT2D eigenvalue weighted by atomic mass is 35.5. The van der Waals surface area contributed by atoms with Gasteiger partial charge in [0.2, 0.25) is 0 Å². The third-order valence-electron chi connectivity index (χ3n) is 2.60. The number of ether oxygens (including phenoxy) is 2. The van der Waals surface area contributed by atoms with Gasteiger partial charge in [0.15, 0.2) is 5.75 Å². The highest BCUT2D eigenvalue weighted by molar-refractivity contribution is 6.37. The molecule has 2 rings (SSSR count). The second-order valence-electron chi connectivity index (χ2n) is 4.24. The highest BCUT2D eigenvalue weighted by Gasteiger charge is 2.09. The number of halogens is 3. The largest absolute Gasteiger partial charge is 0.508 e. The number of rotatable bonds is 6. The molecule has 0 aliphatic rings. The normalized spacial score (nSPS) is 10.4. The van der Waals surface area contributed by atoms with E-state index in [2.05, 4.69) is 0 Å². The fraction of sp³-hybridized carbons (Fsp3) is 0.200. The maximum absolute atomic E-state index is 9.32. The third kappa shape index (κ3) is 4.88. The van der Waals surface area contributed by atoms with Crippen LogP contribution >= 0.6 is 34.8 Å². The van der Waals surface area contributed by atoms with Crippen LogP contribution in [-0.4, -0.2) is 18.3 Å². The van der Waals surface area contributed by atoms with Gasteiger partial charge < -0.3 is 14.6 Å². The lowest BCUT2D eigenvalue weighted by molar-refractivity contribution is 0.247. The Kier molecular flexibility index (Phi) is 5.85. The summed E-state index contributed by atoms with van der Waals surface area (Å²) >= 11 is 17.7. The van der Waals surface area contributed by atoms with Crippen molar-refractivity contribution >= 4 is 34.8 Å². The summed E-state index contributed by atoms with van der Waals surface area (Å²) in [5, 5.41) is 10.5. The van der Waals surface area contributed by atoms with Crippen molar-refractivity contribution in [2.45, 2.75) is 6.42 Å². The lowest BCUT2D eigenvalue weighted by atomic mass is 10.3. The van der Waals surface area contributed by atoms with Crippen LogP contribution in [0.15, 0.2) is 36.4 Å². The van der Waals surface area contributed by atoms with Gasteiger partial charge in [0.1, 0.15) is 11.5 Å². The molecule has 0 aliphatic carbocycles. The number of aromatic hydroxyl groups is 1. The average Bonchev–Trinajstić information content (AvgIpc) is 2.43. The summed E-state index contributed by atoms with van der Waals surface area (Å²) in [6, 6.07) is 9.90. The van der Waals surface area contributed by atoms with Crippen molar-refractivity contribution in [2.75, 3.05) is 13.2 Å². The molecule has 0 saturated carbocycles. The van der Waals surface area contributed by atoms with E-state index in [-0.39, 0.29) is 15.8 Å². The van der Waals surface area contributed by atoms with Gasteiger partial charge in [0, 0.05) is 23.6 Å². The van der Waals surface area contributed by atoms with Crippen molar-refractivity contribution in [2.24, 2.45) is 0 Å². The number of hydrogen-bond acceptors (Lipinski definition) is 3. The van der Waals surface area contributed by atoms with Crippen molar-refractivity contribution < 1.29 is 14.6 Å². The maximum atomic E-state index is 9.32. The summed E-state index contributed by atoms with van der Waals surface area (Å²) in [5.74, 6) is 1.12. The van der Waals surface area contributed by atoms with Crippen LogP contribution in [0.2, 0.25) is 15.1 Å². The van der Waals surface area contributed by atoms with Gasteiger partial charge in [-0.15, -0.1) is 0 Å². The van der Waals surface area contributed by atoms with E-state index in [1.807, 2.05) is 0 Å². The summed E-state index contributed by atoms with van der Waals surface area (Å²) in [6.45, 7) is 0.896. The molecule has 0 amide bonds. The Morgan fingerprint density at radius 1 is 0.857 bits per heavy atom. The smallest absolute Gasteiger partial charge is 0.156 e. The average molecular weight is 348 g/mol. The van der Waals surface area contributed by atoms with Crippen LogP contribution < -0.4 is 9.47 Å². The van der Waals surface area contributed by atoms with Crippen LogP contribution in [-0.2, 0) is 0 Å². The minimum Gasteiger partial charge on any atom is -0.508 e. The molecule has 0 heterocycles. The molecule has 0 aromatic heterocycles. The first-order chi connectivity index (χ1) is 10.1. The molecule has 0 aliphatic heterocycles. The summed E-state index contributed by atoms with van der Waals surface area (Å²) in [4.78, 5) is 0. The Morgan fingerprint density at radius 2 is 1.43 bits per heavy atom.